The third-order valence-corrected chi connectivity index (χ3v) is 3.93. The number of rotatable bonds is 2. The standard InChI is InChI=1S/C8H19N3S3/c12-7(8(13)14)11-5-3-9-1-2-10-4-6-11/h7-10,12-14H,1-6H2. The molecule has 1 saturated heterocycles. The zero-order valence-electron chi connectivity index (χ0n) is 8.19. The van der Waals surface area contributed by atoms with Crippen molar-refractivity contribution in [2.75, 3.05) is 39.3 Å². The van der Waals surface area contributed by atoms with Crippen molar-refractivity contribution in [3.05, 3.63) is 0 Å². The first-order chi connectivity index (χ1) is 6.72. The zero-order valence-corrected chi connectivity index (χ0v) is 10.9. The minimum atomic E-state index is -0.000846. The lowest BCUT2D eigenvalue weighted by atomic mass is 10.4. The number of nitrogens with one attached hydrogen (secondary N) is 2. The van der Waals surface area contributed by atoms with Gasteiger partial charge < -0.3 is 10.6 Å². The van der Waals surface area contributed by atoms with E-state index in [-0.39, 0.29) is 9.96 Å². The molecule has 84 valence electrons. The van der Waals surface area contributed by atoms with Crippen molar-refractivity contribution in [3.63, 3.8) is 0 Å². The van der Waals surface area contributed by atoms with Crippen LogP contribution in [-0.4, -0.2) is 54.1 Å². The Morgan fingerprint density at radius 1 is 0.857 bits per heavy atom. The molecule has 14 heavy (non-hydrogen) atoms. The smallest absolute Gasteiger partial charge is 0.0736 e. The minimum Gasteiger partial charge on any atom is -0.314 e. The van der Waals surface area contributed by atoms with Crippen LogP contribution in [0.3, 0.4) is 0 Å². The lowest BCUT2D eigenvalue weighted by molar-refractivity contribution is 0.274. The van der Waals surface area contributed by atoms with Crippen LogP contribution in [0.4, 0.5) is 0 Å². The van der Waals surface area contributed by atoms with Crippen LogP contribution < -0.4 is 10.6 Å². The van der Waals surface area contributed by atoms with Crippen LogP contribution in [0.15, 0.2) is 0 Å². The van der Waals surface area contributed by atoms with E-state index < -0.39 is 0 Å². The van der Waals surface area contributed by atoms with Crippen molar-refractivity contribution in [2.45, 2.75) is 9.96 Å². The fraction of sp³-hybridized carbons (Fsp3) is 1.00. The fourth-order valence-electron chi connectivity index (χ4n) is 1.44. The predicted molar refractivity (Wildman–Crippen MR) is 71.8 cm³/mol. The van der Waals surface area contributed by atoms with Crippen LogP contribution >= 0.6 is 37.9 Å². The van der Waals surface area contributed by atoms with Gasteiger partial charge in [-0.15, -0.1) is 0 Å². The Kier molecular flexibility index (Phi) is 6.73. The molecule has 3 nitrogen and oxygen atoms in total. The van der Waals surface area contributed by atoms with E-state index in [1.54, 1.807) is 0 Å². The second-order valence-corrected chi connectivity index (χ2v) is 5.41. The molecule has 1 aliphatic rings. The maximum atomic E-state index is 4.50. The summed E-state index contributed by atoms with van der Waals surface area (Å²) in [6.07, 6.45) is 0. The van der Waals surface area contributed by atoms with Crippen LogP contribution in [-0.2, 0) is 0 Å². The molecule has 1 heterocycles. The van der Waals surface area contributed by atoms with Gasteiger partial charge in [0.05, 0.1) is 9.96 Å². The maximum Gasteiger partial charge on any atom is 0.0736 e. The van der Waals surface area contributed by atoms with Crippen molar-refractivity contribution < 1.29 is 0 Å². The topological polar surface area (TPSA) is 27.3 Å². The monoisotopic (exact) mass is 253 g/mol. The van der Waals surface area contributed by atoms with Gasteiger partial charge in [-0.2, -0.15) is 37.9 Å². The van der Waals surface area contributed by atoms with Gasteiger partial charge in [0.15, 0.2) is 0 Å². The number of thiol groups is 3. The molecule has 0 aliphatic carbocycles. The maximum absolute atomic E-state index is 4.50. The Balaban J connectivity index is 2.39. The van der Waals surface area contributed by atoms with E-state index in [0.717, 1.165) is 39.3 Å². The summed E-state index contributed by atoms with van der Waals surface area (Å²) in [5.41, 5.74) is 0. The summed E-state index contributed by atoms with van der Waals surface area (Å²) in [5, 5.41) is 6.84. The van der Waals surface area contributed by atoms with Crippen molar-refractivity contribution in [3.8, 4) is 0 Å². The van der Waals surface area contributed by atoms with Gasteiger partial charge in [-0.3, -0.25) is 4.90 Å². The highest BCUT2D eigenvalue weighted by Crippen LogP contribution is 2.16. The fourth-order valence-corrected chi connectivity index (χ4v) is 2.05. The average molecular weight is 253 g/mol. The summed E-state index contributed by atoms with van der Waals surface area (Å²) in [6, 6.07) is 0. The highest BCUT2D eigenvalue weighted by Gasteiger charge is 2.18. The van der Waals surface area contributed by atoms with Crippen LogP contribution in [0.1, 0.15) is 0 Å². The molecule has 0 aromatic carbocycles. The third-order valence-electron chi connectivity index (χ3n) is 2.27. The molecular formula is C8H19N3S3. The van der Waals surface area contributed by atoms with Gasteiger partial charge in [0.1, 0.15) is 0 Å². The van der Waals surface area contributed by atoms with Crippen LogP contribution in [0, 0.1) is 0 Å². The number of hydrogen-bond donors (Lipinski definition) is 5. The quantitative estimate of drug-likeness (QED) is 0.352. The molecule has 0 bridgehead atoms. The Bertz CT molecular complexity index is 147. The van der Waals surface area contributed by atoms with Crippen molar-refractivity contribution in [2.24, 2.45) is 0 Å². The lowest BCUT2D eigenvalue weighted by Gasteiger charge is -2.29. The highest BCUT2D eigenvalue weighted by atomic mass is 32.2. The van der Waals surface area contributed by atoms with Crippen molar-refractivity contribution in [1.82, 2.24) is 15.5 Å². The van der Waals surface area contributed by atoms with Crippen molar-refractivity contribution in [1.29, 1.82) is 0 Å². The molecule has 1 unspecified atom stereocenters. The van der Waals surface area contributed by atoms with Gasteiger partial charge in [-0.25, -0.2) is 0 Å². The van der Waals surface area contributed by atoms with Gasteiger partial charge in [-0.05, 0) is 0 Å². The van der Waals surface area contributed by atoms with Gasteiger partial charge in [-0.1, -0.05) is 0 Å². The van der Waals surface area contributed by atoms with E-state index in [9.17, 15) is 0 Å². The predicted octanol–water partition coefficient (Wildman–Crippen LogP) is -0.0772. The Morgan fingerprint density at radius 3 is 1.79 bits per heavy atom. The van der Waals surface area contributed by atoms with Crippen molar-refractivity contribution >= 4 is 37.9 Å². The molecule has 0 amide bonds. The molecule has 0 aromatic rings. The normalized spacial score (nSPS) is 24.0. The molecule has 0 spiro atoms. The summed E-state index contributed by atoms with van der Waals surface area (Å²) in [4.78, 5) is 2.29. The van der Waals surface area contributed by atoms with Gasteiger partial charge in [0.25, 0.3) is 0 Å². The average Bonchev–Trinajstić information content (AvgIpc) is 2.29. The molecule has 6 heteroatoms. The molecule has 1 rings (SSSR count). The van der Waals surface area contributed by atoms with E-state index >= 15 is 0 Å². The first-order valence-corrected chi connectivity index (χ1v) is 6.46. The minimum absolute atomic E-state index is 0.000846. The molecule has 0 saturated carbocycles. The summed E-state index contributed by atoms with van der Waals surface area (Å²) < 4.78 is -0.000846. The van der Waals surface area contributed by atoms with Crippen LogP contribution in [0.5, 0.6) is 0 Å². The van der Waals surface area contributed by atoms with E-state index in [1.165, 1.54) is 0 Å². The second-order valence-electron chi connectivity index (χ2n) is 3.36. The Hall–Kier alpha value is 0.930. The lowest BCUT2D eigenvalue weighted by Crippen LogP contribution is -2.42. The Labute approximate surface area is 103 Å². The molecule has 0 radical (unpaired) electrons. The van der Waals surface area contributed by atoms with E-state index in [1.807, 2.05) is 0 Å². The molecule has 2 N–H and O–H groups in total. The molecular weight excluding hydrogens is 234 g/mol. The Morgan fingerprint density at radius 2 is 1.36 bits per heavy atom. The molecule has 1 fully saturated rings. The molecule has 0 aromatic heterocycles. The first-order valence-electron chi connectivity index (χ1n) is 4.91. The summed E-state index contributed by atoms with van der Waals surface area (Å²) in [6.45, 7) is 6.10. The molecule has 1 aliphatic heterocycles. The number of nitrogens with zero attached hydrogens (tertiary/aromatic N) is 1. The van der Waals surface area contributed by atoms with Gasteiger partial charge in [0, 0.05) is 39.3 Å². The zero-order chi connectivity index (χ0) is 10.4. The SMILES string of the molecule is SC(S)C(S)N1CCNCCNCC1. The van der Waals surface area contributed by atoms with Crippen LogP contribution in [0.25, 0.3) is 0 Å². The van der Waals surface area contributed by atoms with E-state index in [4.69, 9.17) is 0 Å². The van der Waals surface area contributed by atoms with Crippen LogP contribution in [0.2, 0.25) is 0 Å². The largest absolute Gasteiger partial charge is 0.314 e. The summed E-state index contributed by atoms with van der Waals surface area (Å²) in [5.74, 6) is 0. The number of hydrogen-bond acceptors (Lipinski definition) is 6. The molecule has 1 atom stereocenters. The summed E-state index contributed by atoms with van der Waals surface area (Å²) in [7, 11) is 0. The highest BCUT2D eigenvalue weighted by molar-refractivity contribution is 8.00. The summed E-state index contributed by atoms with van der Waals surface area (Å²) >= 11 is 13.1. The third kappa shape index (κ3) is 4.63. The van der Waals surface area contributed by atoms with Gasteiger partial charge in [0.2, 0.25) is 0 Å². The van der Waals surface area contributed by atoms with E-state index in [2.05, 4.69) is 53.4 Å². The van der Waals surface area contributed by atoms with Gasteiger partial charge >= 0.3 is 0 Å². The first kappa shape index (κ1) is 13.0. The second kappa shape index (κ2) is 7.24. The van der Waals surface area contributed by atoms with E-state index in [0.29, 0.717) is 0 Å².